The topological polar surface area (TPSA) is 109 Å². The van der Waals surface area contributed by atoms with Crippen LogP contribution in [0.4, 0.5) is 11.4 Å². The molecule has 9 heteroatoms. The molecule has 1 aromatic heterocycles. The average molecular weight is 497 g/mol. The molecule has 2 unspecified atom stereocenters. The first kappa shape index (κ1) is 23.1. The molecule has 6 rings (SSSR count). The number of nitrogens with zero attached hydrogens (tertiary/aromatic N) is 4. The van der Waals surface area contributed by atoms with E-state index in [1.165, 1.54) is 11.4 Å². The summed E-state index contributed by atoms with van der Waals surface area (Å²) in [4.78, 5) is 38.9. The van der Waals surface area contributed by atoms with Crippen LogP contribution in [0, 0.1) is 11.8 Å². The maximum absolute atomic E-state index is 13.2. The van der Waals surface area contributed by atoms with Crippen LogP contribution in [-0.4, -0.2) is 32.5 Å². The van der Waals surface area contributed by atoms with Crippen molar-refractivity contribution >= 4 is 29.1 Å². The van der Waals surface area contributed by atoms with Crippen LogP contribution in [0.25, 0.3) is 11.4 Å². The minimum atomic E-state index is -0.383. The molecule has 1 aliphatic carbocycles. The Bertz CT molecular complexity index is 1410. The number of rotatable bonds is 4. The molecule has 3 aliphatic rings. The molecular weight excluding hydrogens is 468 g/mol. The number of aryl methyl sites for hydroxylation is 1. The standard InChI is InChI=1S/C28H28N6O3/c35-26(29-20-10-6-8-18(16-20)25-31-30-24-14-2-1-5-15-33(24)25)19-9-7-11-21(17-19)34-28(37)23-13-4-3-12-22(23)27(36)32-34/h3-4,6-11,16-17,22-23H,1-2,5,12-15H2,(H,29,35)(H,32,36). The second-order valence-corrected chi connectivity index (χ2v) is 9.79. The Labute approximate surface area is 214 Å². The number of allylic oxidation sites excluding steroid dienone is 2. The van der Waals surface area contributed by atoms with Gasteiger partial charge in [-0.25, -0.2) is 5.01 Å². The zero-order chi connectivity index (χ0) is 25.4. The number of carbonyl (C=O) groups excluding carboxylic acids is 3. The molecule has 2 atom stereocenters. The summed E-state index contributed by atoms with van der Waals surface area (Å²) in [5.74, 6) is 0.449. The smallest absolute Gasteiger partial charge is 0.255 e. The maximum Gasteiger partial charge on any atom is 0.255 e. The molecule has 188 valence electrons. The van der Waals surface area contributed by atoms with E-state index in [4.69, 9.17) is 0 Å². The van der Waals surface area contributed by atoms with Gasteiger partial charge < -0.3 is 9.88 Å². The summed E-state index contributed by atoms with van der Waals surface area (Å²) in [6, 6.07) is 14.3. The Hall–Kier alpha value is -4.27. The minimum Gasteiger partial charge on any atom is -0.322 e. The molecule has 2 aliphatic heterocycles. The molecule has 3 amide bonds. The van der Waals surface area contributed by atoms with Crippen molar-refractivity contribution in [3.05, 3.63) is 72.1 Å². The number of hydrazine groups is 1. The van der Waals surface area contributed by atoms with Gasteiger partial charge in [-0.05, 0) is 56.0 Å². The minimum absolute atomic E-state index is 0.161. The summed E-state index contributed by atoms with van der Waals surface area (Å²) in [6.07, 6.45) is 9.34. The lowest BCUT2D eigenvalue weighted by molar-refractivity contribution is -0.139. The van der Waals surface area contributed by atoms with Gasteiger partial charge in [-0.1, -0.05) is 36.8 Å². The number of anilines is 2. The third kappa shape index (κ3) is 4.41. The lowest BCUT2D eigenvalue weighted by atomic mass is 9.80. The zero-order valence-electron chi connectivity index (χ0n) is 20.4. The molecule has 3 heterocycles. The van der Waals surface area contributed by atoms with Gasteiger partial charge >= 0.3 is 0 Å². The van der Waals surface area contributed by atoms with Gasteiger partial charge in [0, 0.05) is 29.8 Å². The highest BCUT2D eigenvalue weighted by Gasteiger charge is 2.42. The highest BCUT2D eigenvalue weighted by molar-refractivity contribution is 6.07. The first-order chi connectivity index (χ1) is 18.1. The van der Waals surface area contributed by atoms with E-state index < -0.39 is 0 Å². The average Bonchev–Trinajstić information content (AvgIpc) is 3.19. The Morgan fingerprint density at radius 3 is 2.68 bits per heavy atom. The summed E-state index contributed by atoms with van der Waals surface area (Å²) in [6.45, 7) is 0.894. The molecule has 0 radical (unpaired) electrons. The second-order valence-electron chi connectivity index (χ2n) is 9.79. The summed E-state index contributed by atoms with van der Waals surface area (Å²) in [5, 5.41) is 13.0. The lowest BCUT2D eigenvalue weighted by Crippen LogP contribution is -2.59. The van der Waals surface area contributed by atoms with Crippen LogP contribution in [0.5, 0.6) is 0 Å². The molecule has 1 saturated heterocycles. The predicted molar refractivity (Wildman–Crippen MR) is 138 cm³/mol. The van der Waals surface area contributed by atoms with Crippen LogP contribution in [-0.2, 0) is 22.6 Å². The molecular formula is C28H28N6O3. The van der Waals surface area contributed by atoms with Gasteiger partial charge in [0.1, 0.15) is 5.82 Å². The van der Waals surface area contributed by atoms with Crippen molar-refractivity contribution in [1.29, 1.82) is 0 Å². The second kappa shape index (κ2) is 9.65. The van der Waals surface area contributed by atoms with Gasteiger partial charge in [0.25, 0.3) is 5.91 Å². The van der Waals surface area contributed by atoms with E-state index in [1.54, 1.807) is 24.3 Å². The van der Waals surface area contributed by atoms with E-state index in [-0.39, 0.29) is 29.6 Å². The van der Waals surface area contributed by atoms with Crippen molar-refractivity contribution < 1.29 is 14.4 Å². The van der Waals surface area contributed by atoms with E-state index in [1.807, 2.05) is 36.4 Å². The van der Waals surface area contributed by atoms with E-state index in [2.05, 4.69) is 25.5 Å². The molecule has 37 heavy (non-hydrogen) atoms. The number of fused-ring (bicyclic) bond motifs is 2. The van der Waals surface area contributed by atoms with Gasteiger partial charge in [0.2, 0.25) is 11.8 Å². The van der Waals surface area contributed by atoms with Crippen molar-refractivity contribution in [3.8, 4) is 11.4 Å². The number of amides is 3. The molecule has 2 aromatic carbocycles. The van der Waals surface area contributed by atoms with Crippen LogP contribution < -0.4 is 15.8 Å². The Kier molecular flexibility index (Phi) is 6.04. The first-order valence-electron chi connectivity index (χ1n) is 12.8. The van der Waals surface area contributed by atoms with Crippen molar-refractivity contribution in [3.63, 3.8) is 0 Å². The van der Waals surface area contributed by atoms with Crippen molar-refractivity contribution in [2.75, 3.05) is 10.3 Å². The summed E-state index contributed by atoms with van der Waals surface area (Å²) >= 11 is 0. The van der Waals surface area contributed by atoms with Crippen LogP contribution >= 0.6 is 0 Å². The molecule has 2 N–H and O–H groups in total. The fourth-order valence-electron chi connectivity index (χ4n) is 5.41. The van der Waals surface area contributed by atoms with E-state index in [0.29, 0.717) is 29.8 Å². The quantitative estimate of drug-likeness (QED) is 0.533. The van der Waals surface area contributed by atoms with Gasteiger partial charge in [0.15, 0.2) is 5.82 Å². The van der Waals surface area contributed by atoms with Gasteiger partial charge in [0.05, 0.1) is 17.5 Å². The van der Waals surface area contributed by atoms with Gasteiger partial charge in [-0.2, -0.15) is 0 Å². The van der Waals surface area contributed by atoms with Crippen molar-refractivity contribution in [1.82, 2.24) is 20.2 Å². The number of nitrogens with one attached hydrogen (secondary N) is 2. The zero-order valence-corrected chi connectivity index (χ0v) is 20.4. The number of carbonyl (C=O) groups is 3. The van der Waals surface area contributed by atoms with Crippen molar-refractivity contribution in [2.24, 2.45) is 11.8 Å². The number of benzene rings is 2. The van der Waals surface area contributed by atoms with Crippen molar-refractivity contribution in [2.45, 2.75) is 45.1 Å². The molecule has 0 spiro atoms. The van der Waals surface area contributed by atoms with E-state index in [9.17, 15) is 14.4 Å². The Balaban J connectivity index is 1.21. The molecule has 0 bridgehead atoms. The summed E-state index contributed by atoms with van der Waals surface area (Å²) in [5.41, 5.74) is 5.08. The SMILES string of the molecule is O=C(Nc1cccc(-c2nnc3n2CCCCC3)c1)c1cccc(N2NC(=O)C3CC=CCC3C2=O)c1. The highest BCUT2D eigenvalue weighted by Crippen LogP contribution is 2.32. The summed E-state index contributed by atoms with van der Waals surface area (Å²) < 4.78 is 2.17. The summed E-state index contributed by atoms with van der Waals surface area (Å²) in [7, 11) is 0. The Morgan fingerprint density at radius 2 is 1.78 bits per heavy atom. The maximum atomic E-state index is 13.2. The molecule has 9 nitrogen and oxygen atoms in total. The van der Waals surface area contributed by atoms with Gasteiger partial charge in [-0.15, -0.1) is 10.2 Å². The molecule has 0 saturated carbocycles. The van der Waals surface area contributed by atoms with Crippen LogP contribution in [0.2, 0.25) is 0 Å². The first-order valence-corrected chi connectivity index (χ1v) is 12.8. The third-order valence-electron chi connectivity index (χ3n) is 7.38. The highest BCUT2D eigenvalue weighted by atomic mass is 16.2. The fourth-order valence-corrected chi connectivity index (χ4v) is 5.41. The monoisotopic (exact) mass is 496 g/mol. The fraction of sp³-hybridized carbons (Fsp3) is 0.321. The normalized spacial score (nSPS) is 21.0. The van der Waals surface area contributed by atoms with E-state index >= 15 is 0 Å². The third-order valence-corrected chi connectivity index (χ3v) is 7.38. The Morgan fingerprint density at radius 1 is 0.946 bits per heavy atom. The predicted octanol–water partition coefficient (Wildman–Crippen LogP) is 3.88. The van der Waals surface area contributed by atoms with Crippen LogP contribution in [0.3, 0.4) is 0 Å². The van der Waals surface area contributed by atoms with Crippen LogP contribution in [0.1, 0.15) is 48.3 Å². The van der Waals surface area contributed by atoms with E-state index in [0.717, 1.165) is 43.0 Å². The van der Waals surface area contributed by atoms with Crippen LogP contribution in [0.15, 0.2) is 60.7 Å². The number of hydrogen-bond donors (Lipinski definition) is 2. The number of hydrogen-bond acceptors (Lipinski definition) is 5. The number of aromatic nitrogens is 3. The lowest BCUT2D eigenvalue weighted by Gasteiger charge is -2.38. The largest absolute Gasteiger partial charge is 0.322 e. The van der Waals surface area contributed by atoms with Gasteiger partial charge in [-0.3, -0.25) is 19.8 Å². The molecule has 3 aromatic rings. The molecule has 1 fully saturated rings.